The lowest BCUT2D eigenvalue weighted by Crippen LogP contribution is -2.52. The van der Waals surface area contributed by atoms with E-state index in [1.807, 2.05) is 18.7 Å². The summed E-state index contributed by atoms with van der Waals surface area (Å²) < 4.78 is 0. The number of carboxylic acids is 1. The van der Waals surface area contributed by atoms with Crippen LogP contribution < -0.4 is 10.6 Å². The Balaban J connectivity index is 2.56. The molecule has 3 N–H and O–H groups in total. The van der Waals surface area contributed by atoms with Crippen LogP contribution in [0.15, 0.2) is 0 Å². The first-order valence-electron chi connectivity index (χ1n) is 7.43. The number of carbonyl (C=O) groups excluding carboxylic acids is 1. The summed E-state index contributed by atoms with van der Waals surface area (Å²) in [6.07, 6.45) is 2.39. The van der Waals surface area contributed by atoms with Crippen molar-refractivity contribution < 1.29 is 14.7 Å². The van der Waals surface area contributed by atoms with Gasteiger partial charge >= 0.3 is 12.0 Å². The third kappa shape index (κ3) is 4.10. The van der Waals surface area contributed by atoms with E-state index in [9.17, 15) is 14.7 Å². The van der Waals surface area contributed by atoms with Crippen LogP contribution in [-0.2, 0) is 4.79 Å². The molecule has 0 radical (unpaired) electrons. The van der Waals surface area contributed by atoms with Gasteiger partial charge in [0.1, 0.15) is 0 Å². The second-order valence-electron chi connectivity index (χ2n) is 5.65. The number of nitrogens with zero attached hydrogens (tertiary/aromatic N) is 1. The highest BCUT2D eigenvalue weighted by atomic mass is 16.4. The third-order valence-electron chi connectivity index (χ3n) is 4.28. The number of piperidine rings is 1. The van der Waals surface area contributed by atoms with Crippen LogP contribution in [0.3, 0.4) is 0 Å². The van der Waals surface area contributed by atoms with E-state index in [2.05, 4.69) is 10.6 Å². The molecule has 1 atom stereocenters. The van der Waals surface area contributed by atoms with Gasteiger partial charge in [-0.05, 0) is 46.2 Å². The molecule has 1 unspecified atom stereocenters. The molecule has 6 heteroatoms. The van der Waals surface area contributed by atoms with Crippen molar-refractivity contribution in [1.82, 2.24) is 15.5 Å². The van der Waals surface area contributed by atoms with E-state index < -0.39 is 11.4 Å². The van der Waals surface area contributed by atoms with Gasteiger partial charge in [0.25, 0.3) is 0 Å². The van der Waals surface area contributed by atoms with Crippen molar-refractivity contribution in [3.05, 3.63) is 0 Å². The van der Waals surface area contributed by atoms with E-state index in [0.29, 0.717) is 13.0 Å². The van der Waals surface area contributed by atoms with E-state index in [0.717, 1.165) is 25.9 Å². The van der Waals surface area contributed by atoms with Gasteiger partial charge in [-0.3, -0.25) is 4.79 Å². The average Bonchev–Trinajstić information content (AvgIpc) is 2.46. The first-order chi connectivity index (χ1) is 9.44. The molecule has 1 rings (SSSR count). The summed E-state index contributed by atoms with van der Waals surface area (Å²) in [4.78, 5) is 25.3. The Morgan fingerprint density at radius 2 is 1.95 bits per heavy atom. The van der Waals surface area contributed by atoms with Gasteiger partial charge in [-0.25, -0.2) is 4.79 Å². The Hall–Kier alpha value is -1.30. The van der Waals surface area contributed by atoms with Crippen molar-refractivity contribution in [1.29, 1.82) is 0 Å². The normalized spacial score (nSPS) is 19.1. The molecule has 0 aromatic heterocycles. The van der Waals surface area contributed by atoms with Crippen LogP contribution in [-0.4, -0.2) is 54.2 Å². The van der Waals surface area contributed by atoms with Crippen LogP contribution in [0.25, 0.3) is 0 Å². The summed E-state index contributed by atoms with van der Waals surface area (Å²) in [5, 5.41) is 15.3. The second kappa shape index (κ2) is 7.47. The summed E-state index contributed by atoms with van der Waals surface area (Å²) in [6.45, 7) is 8.11. The fraction of sp³-hybridized carbons (Fsp3) is 0.857. The number of aliphatic carboxylic acids is 1. The van der Waals surface area contributed by atoms with Crippen LogP contribution in [0, 0.1) is 5.41 Å². The van der Waals surface area contributed by atoms with Gasteiger partial charge in [0, 0.05) is 19.1 Å². The summed E-state index contributed by atoms with van der Waals surface area (Å²) >= 11 is 0. The topological polar surface area (TPSA) is 81.7 Å². The molecule has 2 amide bonds. The van der Waals surface area contributed by atoms with Gasteiger partial charge in [0.05, 0.1) is 5.41 Å². The van der Waals surface area contributed by atoms with Crippen LogP contribution in [0.5, 0.6) is 0 Å². The Labute approximate surface area is 120 Å². The van der Waals surface area contributed by atoms with Crippen molar-refractivity contribution >= 4 is 12.0 Å². The first-order valence-corrected chi connectivity index (χ1v) is 7.43. The third-order valence-corrected chi connectivity index (χ3v) is 4.28. The van der Waals surface area contributed by atoms with E-state index in [-0.39, 0.29) is 18.6 Å². The predicted octanol–water partition coefficient (Wildman–Crippen LogP) is 1.27. The molecule has 1 heterocycles. The molecule has 0 aromatic rings. The average molecular weight is 285 g/mol. The number of carboxylic acid groups (broad SMARTS) is 1. The first kappa shape index (κ1) is 16.8. The van der Waals surface area contributed by atoms with Crippen LogP contribution in [0.1, 0.15) is 40.0 Å². The maximum absolute atomic E-state index is 12.3. The van der Waals surface area contributed by atoms with Gasteiger partial charge in [-0.1, -0.05) is 6.92 Å². The zero-order chi connectivity index (χ0) is 15.2. The van der Waals surface area contributed by atoms with Crippen molar-refractivity contribution in [3.63, 3.8) is 0 Å². The lowest BCUT2D eigenvalue weighted by molar-refractivity contribution is -0.147. The monoisotopic (exact) mass is 285 g/mol. The second-order valence-corrected chi connectivity index (χ2v) is 5.65. The summed E-state index contributed by atoms with van der Waals surface area (Å²) in [5.74, 6) is -0.870. The number of rotatable bonds is 6. The number of urea groups is 1. The Kier molecular flexibility index (Phi) is 6.26. The summed E-state index contributed by atoms with van der Waals surface area (Å²) in [6, 6.07) is 0.0966. The molecule has 1 saturated heterocycles. The fourth-order valence-corrected chi connectivity index (χ4v) is 2.41. The van der Waals surface area contributed by atoms with E-state index in [1.54, 1.807) is 6.92 Å². The van der Waals surface area contributed by atoms with E-state index >= 15 is 0 Å². The zero-order valence-corrected chi connectivity index (χ0v) is 12.7. The van der Waals surface area contributed by atoms with E-state index in [1.165, 1.54) is 0 Å². The number of amides is 2. The highest BCUT2D eigenvalue weighted by molar-refractivity contribution is 5.78. The SMILES string of the molecule is CCN(C(=O)NCC(C)(CC)C(=O)O)C1CCNCC1. The van der Waals surface area contributed by atoms with Crippen LogP contribution in [0.2, 0.25) is 0 Å². The zero-order valence-electron chi connectivity index (χ0n) is 12.7. The molecule has 0 saturated carbocycles. The standard InChI is InChI=1S/C14H27N3O3/c1-4-14(3,12(18)19)10-16-13(20)17(5-2)11-6-8-15-9-7-11/h11,15H,4-10H2,1-3H3,(H,16,20)(H,18,19). The lowest BCUT2D eigenvalue weighted by atomic mass is 9.88. The minimum atomic E-state index is -0.900. The van der Waals surface area contributed by atoms with Gasteiger partial charge in [0.15, 0.2) is 0 Å². The van der Waals surface area contributed by atoms with Gasteiger partial charge < -0.3 is 20.6 Å². The molecule has 0 aliphatic carbocycles. The number of carbonyl (C=O) groups is 2. The molecule has 6 nitrogen and oxygen atoms in total. The Morgan fingerprint density at radius 1 is 1.35 bits per heavy atom. The van der Waals surface area contributed by atoms with Crippen LogP contribution in [0.4, 0.5) is 4.79 Å². The highest BCUT2D eigenvalue weighted by Crippen LogP contribution is 2.20. The highest BCUT2D eigenvalue weighted by Gasteiger charge is 2.32. The van der Waals surface area contributed by atoms with E-state index in [4.69, 9.17) is 0 Å². The van der Waals surface area contributed by atoms with Crippen molar-refractivity contribution in [3.8, 4) is 0 Å². The predicted molar refractivity (Wildman–Crippen MR) is 77.7 cm³/mol. The maximum atomic E-state index is 12.3. The smallest absolute Gasteiger partial charge is 0.317 e. The molecular weight excluding hydrogens is 258 g/mol. The summed E-state index contributed by atoms with van der Waals surface area (Å²) in [7, 11) is 0. The molecule has 1 aliphatic rings. The molecule has 116 valence electrons. The molecule has 0 spiro atoms. The molecule has 1 aliphatic heterocycles. The molecular formula is C14H27N3O3. The minimum absolute atomic E-state index is 0.152. The molecule has 1 fully saturated rings. The molecule has 0 aromatic carbocycles. The lowest BCUT2D eigenvalue weighted by Gasteiger charge is -2.35. The molecule has 20 heavy (non-hydrogen) atoms. The van der Waals surface area contributed by atoms with Gasteiger partial charge in [-0.15, -0.1) is 0 Å². The van der Waals surface area contributed by atoms with Crippen molar-refractivity contribution in [2.45, 2.75) is 46.1 Å². The fourth-order valence-electron chi connectivity index (χ4n) is 2.41. The number of hydrogen-bond donors (Lipinski definition) is 3. The van der Waals surface area contributed by atoms with Crippen molar-refractivity contribution in [2.75, 3.05) is 26.2 Å². The molecule has 0 bridgehead atoms. The van der Waals surface area contributed by atoms with Crippen LogP contribution >= 0.6 is 0 Å². The maximum Gasteiger partial charge on any atom is 0.317 e. The minimum Gasteiger partial charge on any atom is -0.481 e. The summed E-state index contributed by atoms with van der Waals surface area (Å²) in [5.41, 5.74) is -0.900. The Bertz CT molecular complexity index is 343. The number of nitrogens with one attached hydrogen (secondary N) is 2. The van der Waals surface area contributed by atoms with Gasteiger partial charge in [0.2, 0.25) is 0 Å². The van der Waals surface area contributed by atoms with Crippen molar-refractivity contribution in [2.24, 2.45) is 5.41 Å². The number of hydrogen-bond acceptors (Lipinski definition) is 3. The quantitative estimate of drug-likeness (QED) is 0.686. The largest absolute Gasteiger partial charge is 0.481 e. The van der Waals surface area contributed by atoms with Gasteiger partial charge in [-0.2, -0.15) is 0 Å². The Morgan fingerprint density at radius 3 is 2.40 bits per heavy atom.